The highest BCUT2D eigenvalue weighted by Gasteiger charge is 2.10. The number of nitrogens with one attached hydrogen (secondary N) is 1. The summed E-state index contributed by atoms with van der Waals surface area (Å²) in [5.74, 6) is 1.67. The molecule has 0 atom stereocenters. The van der Waals surface area contributed by atoms with E-state index in [0.717, 1.165) is 5.56 Å². The highest BCUT2D eigenvalue weighted by molar-refractivity contribution is 5.94. The maximum absolute atomic E-state index is 12.0. The first-order chi connectivity index (χ1) is 10.8. The summed E-state index contributed by atoms with van der Waals surface area (Å²) in [6.07, 6.45) is 2.27. The third kappa shape index (κ3) is 3.06. The summed E-state index contributed by atoms with van der Waals surface area (Å²) in [5.41, 5.74) is 1.38. The van der Waals surface area contributed by atoms with E-state index in [2.05, 4.69) is 15.5 Å². The third-order valence-electron chi connectivity index (χ3n) is 3.18. The number of benzene rings is 1. The van der Waals surface area contributed by atoms with Crippen LogP contribution in [0.1, 0.15) is 28.9 Å². The first-order valence-electron chi connectivity index (χ1n) is 7.00. The van der Waals surface area contributed by atoms with E-state index in [1.807, 2.05) is 13.0 Å². The average Bonchev–Trinajstić information content (AvgIpc) is 3.24. The van der Waals surface area contributed by atoms with Crippen molar-refractivity contribution in [3.05, 3.63) is 59.9 Å². The molecule has 0 bridgehead atoms. The number of nitrogens with zero attached hydrogens (tertiary/aromatic N) is 2. The first kappa shape index (κ1) is 14.1. The Morgan fingerprint density at radius 1 is 1.23 bits per heavy atom. The van der Waals surface area contributed by atoms with E-state index in [1.165, 1.54) is 0 Å². The Morgan fingerprint density at radius 3 is 2.68 bits per heavy atom. The zero-order chi connectivity index (χ0) is 15.4. The van der Waals surface area contributed by atoms with Gasteiger partial charge in [0, 0.05) is 17.5 Å². The van der Waals surface area contributed by atoms with Crippen LogP contribution in [0.3, 0.4) is 0 Å². The Labute approximate surface area is 127 Å². The molecule has 0 spiro atoms. The van der Waals surface area contributed by atoms with Gasteiger partial charge in [-0.25, -0.2) is 0 Å². The molecule has 3 rings (SSSR count). The minimum Gasteiger partial charge on any atom is -0.467 e. The van der Waals surface area contributed by atoms with Crippen molar-refractivity contribution >= 4 is 5.91 Å². The van der Waals surface area contributed by atoms with Crippen molar-refractivity contribution in [3.63, 3.8) is 0 Å². The van der Waals surface area contributed by atoms with Crippen molar-refractivity contribution in [2.24, 2.45) is 0 Å². The summed E-state index contributed by atoms with van der Waals surface area (Å²) in [7, 11) is 0. The molecule has 0 unspecified atom stereocenters. The molecule has 112 valence electrons. The topological polar surface area (TPSA) is 81.2 Å². The molecule has 6 nitrogen and oxygen atoms in total. The molecular weight excluding hydrogens is 282 g/mol. The Bertz CT molecular complexity index is 745. The van der Waals surface area contributed by atoms with E-state index in [9.17, 15) is 4.79 Å². The number of furan rings is 1. The van der Waals surface area contributed by atoms with E-state index >= 15 is 0 Å². The Kier molecular flexibility index (Phi) is 4.00. The summed E-state index contributed by atoms with van der Waals surface area (Å²) >= 11 is 0. The standard InChI is InChI=1S/C16H15N3O3/c1-2-14-18-15(19-22-14)11-5-7-12(8-6-11)16(20)17-10-13-4-3-9-21-13/h3-9H,2,10H2,1H3,(H,17,20). The van der Waals surface area contributed by atoms with Crippen LogP contribution in [0.2, 0.25) is 0 Å². The monoisotopic (exact) mass is 297 g/mol. The number of amides is 1. The number of carbonyl (C=O) groups excluding carboxylic acids is 1. The van der Waals surface area contributed by atoms with E-state index in [1.54, 1.807) is 36.6 Å². The Hall–Kier alpha value is -2.89. The fraction of sp³-hybridized carbons (Fsp3) is 0.188. The number of carbonyl (C=O) groups is 1. The van der Waals surface area contributed by atoms with Crippen molar-refractivity contribution in [2.45, 2.75) is 19.9 Å². The van der Waals surface area contributed by atoms with Gasteiger partial charge in [0.1, 0.15) is 5.76 Å². The molecule has 1 N–H and O–H groups in total. The van der Waals surface area contributed by atoms with Crippen LogP contribution in [-0.4, -0.2) is 16.0 Å². The normalized spacial score (nSPS) is 10.6. The second-order valence-corrected chi connectivity index (χ2v) is 4.70. The van der Waals surface area contributed by atoms with E-state index in [-0.39, 0.29) is 5.91 Å². The Morgan fingerprint density at radius 2 is 2.05 bits per heavy atom. The molecule has 0 aliphatic carbocycles. The van der Waals surface area contributed by atoms with Gasteiger partial charge in [0.25, 0.3) is 5.91 Å². The maximum atomic E-state index is 12.0. The predicted octanol–water partition coefficient (Wildman–Crippen LogP) is 2.82. The van der Waals surface area contributed by atoms with Crippen LogP contribution in [0.25, 0.3) is 11.4 Å². The summed E-state index contributed by atoms with van der Waals surface area (Å²) < 4.78 is 10.2. The Balaban J connectivity index is 1.66. The molecule has 1 amide bonds. The summed E-state index contributed by atoms with van der Waals surface area (Å²) in [6.45, 7) is 2.31. The van der Waals surface area contributed by atoms with Crippen LogP contribution in [-0.2, 0) is 13.0 Å². The number of aryl methyl sites for hydroxylation is 1. The molecule has 2 aromatic heterocycles. The van der Waals surface area contributed by atoms with Gasteiger partial charge in [0.15, 0.2) is 0 Å². The highest BCUT2D eigenvalue weighted by atomic mass is 16.5. The van der Waals surface area contributed by atoms with Gasteiger partial charge in [-0.3, -0.25) is 4.79 Å². The van der Waals surface area contributed by atoms with E-state index < -0.39 is 0 Å². The van der Waals surface area contributed by atoms with Gasteiger partial charge < -0.3 is 14.3 Å². The average molecular weight is 297 g/mol. The van der Waals surface area contributed by atoms with E-state index in [4.69, 9.17) is 8.94 Å². The van der Waals surface area contributed by atoms with Crippen molar-refractivity contribution in [1.29, 1.82) is 0 Å². The summed E-state index contributed by atoms with van der Waals surface area (Å²) in [6, 6.07) is 10.7. The van der Waals surface area contributed by atoms with Gasteiger partial charge in [-0.2, -0.15) is 4.98 Å². The number of hydrogen-bond acceptors (Lipinski definition) is 5. The largest absolute Gasteiger partial charge is 0.467 e. The quantitative estimate of drug-likeness (QED) is 0.783. The van der Waals surface area contributed by atoms with Gasteiger partial charge in [-0.15, -0.1) is 0 Å². The second kappa shape index (κ2) is 6.26. The number of aromatic nitrogens is 2. The van der Waals surface area contributed by atoms with Crippen molar-refractivity contribution in [3.8, 4) is 11.4 Å². The van der Waals surface area contributed by atoms with Gasteiger partial charge in [-0.1, -0.05) is 24.2 Å². The van der Waals surface area contributed by atoms with Crippen molar-refractivity contribution in [1.82, 2.24) is 15.5 Å². The number of rotatable bonds is 5. The number of hydrogen-bond donors (Lipinski definition) is 1. The SMILES string of the molecule is CCc1nc(-c2ccc(C(=O)NCc3ccco3)cc2)no1. The van der Waals surface area contributed by atoms with E-state index in [0.29, 0.717) is 36.0 Å². The third-order valence-corrected chi connectivity index (χ3v) is 3.18. The fourth-order valence-electron chi connectivity index (χ4n) is 1.97. The molecule has 6 heteroatoms. The van der Waals surface area contributed by atoms with Gasteiger partial charge >= 0.3 is 0 Å². The van der Waals surface area contributed by atoms with Crippen LogP contribution in [0.4, 0.5) is 0 Å². The lowest BCUT2D eigenvalue weighted by Gasteiger charge is -2.03. The molecule has 3 aromatic rings. The molecule has 0 aliphatic rings. The highest BCUT2D eigenvalue weighted by Crippen LogP contribution is 2.16. The van der Waals surface area contributed by atoms with Crippen molar-refractivity contribution < 1.29 is 13.7 Å². The molecule has 22 heavy (non-hydrogen) atoms. The lowest BCUT2D eigenvalue weighted by Crippen LogP contribution is -2.22. The van der Waals surface area contributed by atoms with Gasteiger partial charge in [-0.05, 0) is 24.3 Å². The summed E-state index contributed by atoms with van der Waals surface area (Å²) in [5, 5.41) is 6.69. The molecule has 0 saturated carbocycles. The summed E-state index contributed by atoms with van der Waals surface area (Å²) in [4.78, 5) is 16.3. The van der Waals surface area contributed by atoms with Crippen LogP contribution >= 0.6 is 0 Å². The van der Waals surface area contributed by atoms with Crippen LogP contribution < -0.4 is 5.32 Å². The minimum atomic E-state index is -0.162. The fourth-order valence-corrected chi connectivity index (χ4v) is 1.97. The molecule has 0 aliphatic heterocycles. The second-order valence-electron chi connectivity index (χ2n) is 4.70. The first-order valence-corrected chi connectivity index (χ1v) is 7.00. The minimum absolute atomic E-state index is 0.162. The maximum Gasteiger partial charge on any atom is 0.251 e. The van der Waals surface area contributed by atoms with Crippen LogP contribution in [0, 0.1) is 0 Å². The zero-order valence-electron chi connectivity index (χ0n) is 12.1. The molecule has 0 fully saturated rings. The zero-order valence-corrected chi connectivity index (χ0v) is 12.1. The molecule has 2 heterocycles. The lowest BCUT2D eigenvalue weighted by atomic mass is 10.1. The van der Waals surface area contributed by atoms with Crippen LogP contribution in [0.15, 0.2) is 51.6 Å². The molecule has 0 radical (unpaired) electrons. The molecule has 0 saturated heterocycles. The molecular formula is C16H15N3O3. The smallest absolute Gasteiger partial charge is 0.251 e. The van der Waals surface area contributed by atoms with Crippen molar-refractivity contribution in [2.75, 3.05) is 0 Å². The van der Waals surface area contributed by atoms with Gasteiger partial charge in [0.05, 0.1) is 12.8 Å². The van der Waals surface area contributed by atoms with Crippen LogP contribution in [0.5, 0.6) is 0 Å². The predicted molar refractivity (Wildman–Crippen MR) is 79.0 cm³/mol. The molecule has 1 aromatic carbocycles. The van der Waals surface area contributed by atoms with Gasteiger partial charge in [0.2, 0.25) is 11.7 Å². The lowest BCUT2D eigenvalue weighted by molar-refractivity contribution is 0.0948.